The molecular formula is C20H23NO4S2. The van der Waals surface area contributed by atoms with Crippen molar-refractivity contribution in [2.45, 2.75) is 11.5 Å². The van der Waals surface area contributed by atoms with E-state index in [1.807, 2.05) is 66.8 Å². The Kier molecular flexibility index (Phi) is 7.18. The summed E-state index contributed by atoms with van der Waals surface area (Å²) in [4.78, 5) is 12.3. The number of benzene rings is 2. The third kappa shape index (κ3) is 5.26. The lowest BCUT2D eigenvalue weighted by molar-refractivity contribution is -0.118. The van der Waals surface area contributed by atoms with E-state index in [-0.39, 0.29) is 12.5 Å². The molecule has 0 atom stereocenters. The molecule has 5 nitrogen and oxygen atoms in total. The van der Waals surface area contributed by atoms with Crippen molar-refractivity contribution >= 4 is 35.1 Å². The van der Waals surface area contributed by atoms with Gasteiger partial charge in [0.05, 0.1) is 24.0 Å². The maximum atomic E-state index is 12.3. The highest BCUT2D eigenvalue weighted by Crippen LogP contribution is 2.46. The number of carbonyl (C=O) groups is 1. The Morgan fingerprint density at radius 2 is 1.85 bits per heavy atom. The Balaban J connectivity index is 1.61. The van der Waals surface area contributed by atoms with E-state index in [1.54, 1.807) is 13.2 Å². The van der Waals surface area contributed by atoms with E-state index >= 15 is 0 Å². The van der Waals surface area contributed by atoms with E-state index in [0.717, 1.165) is 0 Å². The van der Waals surface area contributed by atoms with E-state index in [1.165, 1.54) is 17.1 Å². The third-order valence-electron chi connectivity index (χ3n) is 3.90. The number of carbonyl (C=O) groups excluding carboxylic acids is 1. The van der Waals surface area contributed by atoms with Gasteiger partial charge in [-0.3, -0.25) is 4.79 Å². The number of thioether (sulfide) groups is 2. The Bertz CT molecular complexity index is 778. The number of anilines is 1. The van der Waals surface area contributed by atoms with Gasteiger partial charge in [-0.2, -0.15) is 0 Å². The minimum absolute atomic E-state index is 0.108. The van der Waals surface area contributed by atoms with Crippen molar-refractivity contribution in [3.63, 3.8) is 0 Å². The summed E-state index contributed by atoms with van der Waals surface area (Å²) in [5.74, 6) is 3.92. The molecule has 0 radical (unpaired) electrons. The number of ether oxygens (including phenoxy) is 3. The molecule has 7 heteroatoms. The van der Waals surface area contributed by atoms with Crippen molar-refractivity contribution in [1.29, 1.82) is 0 Å². The number of methoxy groups -OCH3 is 1. The molecule has 3 rings (SSSR count). The first kappa shape index (κ1) is 19.8. The zero-order valence-corrected chi connectivity index (χ0v) is 17.0. The van der Waals surface area contributed by atoms with Crippen LogP contribution in [0.4, 0.5) is 5.69 Å². The van der Waals surface area contributed by atoms with Crippen LogP contribution in [0.15, 0.2) is 42.5 Å². The maximum absolute atomic E-state index is 12.3. The van der Waals surface area contributed by atoms with Gasteiger partial charge in [0.2, 0.25) is 0 Å². The summed E-state index contributed by atoms with van der Waals surface area (Å²) in [5, 5.41) is 2.82. The first-order valence-corrected chi connectivity index (χ1v) is 10.9. The lowest BCUT2D eigenvalue weighted by Crippen LogP contribution is -2.20. The van der Waals surface area contributed by atoms with Gasteiger partial charge in [0.15, 0.2) is 18.1 Å². The monoisotopic (exact) mass is 405 g/mol. The summed E-state index contributed by atoms with van der Waals surface area (Å²) in [5.41, 5.74) is 1.84. The number of rotatable bonds is 8. The van der Waals surface area contributed by atoms with Crippen LogP contribution in [0.1, 0.15) is 17.1 Å². The second kappa shape index (κ2) is 9.80. The summed E-state index contributed by atoms with van der Waals surface area (Å²) in [6.45, 7) is 2.33. The molecule has 2 aromatic rings. The van der Waals surface area contributed by atoms with E-state index in [2.05, 4.69) is 5.32 Å². The number of amides is 1. The predicted octanol–water partition coefficient (Wildman–Crippen LogP) is 4.59. The van der Waals surface area contributed by atoms with Crippen molar-refractivity contribution in [3.05, 3.63) is 48.0 Å². The lowest BCUT2D eigenvalue weighted by atomic mass is 10.2. The van der Waals surface area contributed by atoms with Gasteiger partial charge in [-0.05, 0) is 36.8 Å². The van der Waals surface area contributed by atoms with Gasteiger partial charge in [-0.25, -0.2) is 0 Å². The first-order chi connectivity index (χ1) is 13.2. The van der Waals surface area contributed by atoms with E-state index in [9.17, 15) is 4.79 Å². The second-order valence-electron chi connectivity index (χ2n) is 5.75. The molecular weight excluding hydrogens is 382 g/mol. The second-order valence-corrected chi connectivity index (χ2v) is 8.47. The van der Waals surface area contributed by atoms with Gasteiger partial charge in [0, 0.05) is 11.5 Å². The summed E-state index contributed by atoms with van der Waals surface area (Å²) in [6.07, 6.45) is 0. The molecule has 0 spiro atoms. The molecule has 1 saturated heterocycles. The average molecular weight is 406 g/mol. The van der Waals surface area contributed by atoms with Crippen LogP contribution in [0.2, 0.25) is 0 Å². The summed E-state index contributed by atoms with van der Waals surface area (Å²) in [7, 11) is 1.61. The minimum atomic E-state index is -0.254. The largest absolute Gasteiger partial charge is 0.493 e. The standard InChI is InChI=1S/C20H23NO4S2/c1-3-24-16-7-5-4-6-15(16)21-19(22)13-25-17-9-8-14(12-18(17)23-2)20-26-10-11-27-20/h4-9,12,20H,3,10-11,13H2,1-2H3,(H,21,22). The quantitative estimate of drug-likeness (QED) is 0.693. The highest BCUT2D eigenvalue weighted by atomic mass is 32.2. The third-order valence-corrected chi connectivity index (χ3v) is 7.01. The zero-order chi connectivity index (χ0) is 19.1. The Labute approximate surface area is 168 Å². The van der Waals surface area contributed by atoms with Gasteiger partial charge in [-0.1, -0.05) is 18.2 Å². The van der Waals surface area contributed by atoms with Gasteiger partial charge >= 0.3 is 0 Å². The van der Waals surface area contributed by atoms with Crippen LogP contribution in [0.3, 0.4) is 0 Å². The molecule has 1 fully saturated rings. The van der Waals surface area contributed by atoms with E-state index in [0.29, 0.717) is 34.1 Å². The SMILES string of the molecule is CCOc1ccccc1NC(=O)COc1ccc(C2SCCS2)cc1OC. The van der Waals surface area contributed by atoms with Gasteiger partial charge in [-0.15, -0.1) is 23.5 Å². The Morgan fingerprint density at radius 3 is 2.59 bits per heavy atom. The predicted molar refractivity (Wildman–Crippen MR) is 112 cm³/mol. The smallest absolute Gasteiger partial charge is 0.262 e. The highest BCUT2D eigenvalue weighted by molar-refractivity contribution is 8.19. The van der Waals surface area contributed by atoms with Crippen LogP contribution < -0.4 is 19.5 Å². The molecule has 2 aromatic carbocycles. The molecule has 0 unspecified atom stereocenters. The van der Waals surface area contributed by atoms with Crippen molar-refractivity contribution in [3.8, 4) is 17.2 Å². The molecule has 27 heavy (non-hydrogen) atoms. The topological polar surface area (TPSA) is 56.8 Å². The highest BCUT2D eigenvalue weighted by Gasteiger charge is 2.20. The minimum Gasteiger partial charge on any atom is -0.493 e. The van der Waals surface area contributed by atoms with Gasteiger partial charge in [0.1, 0.15) is 5.75 Å². The molecule has 0 bridgehead atoms. The maximum Gasteiger partial charge on any atom is 0.262 e. The number of hydrogen-bond donors (Lipinski definition) is 1. The Hall–Kier alpha value is -1.99. The fraction of sp³-hybridized carbons (Fsp3) is 0.350. The zero-order valence-electron chi connectivity index (χ0n) is 15.4. The van der Waals surface area contributed by atoms with Gasteiger partial charge < -0.3 is 19.5 Å². The molecule has 1 aliphatic heterocycles. The summed E-state index contributed by atoms with van der Waals surface area (Å²) in [6, 6.07) is 13.2. The summed E-state index contributed by atoms with van der Waals surface area (Å²) < 4.78 is 17.1. The fourth-order valence-electron chi connectivity index (χ4n) is 2.68. The van der Waals surface area contributed by atoms with Crippen LogP contribution in [0.5, 0.6) is 17.2 Å². The number of para-hydroxylation sites is 2. The van der Waals surface area contributed by atoms with E-state index in [4.69, 9.17) is 14.2 Å². The van der Waals surface area contributed by atoms with Crippen molar-refractivity contribution in [1.82, 2.24) is 0 Å². The first-order valence-electron chi connectivity index (χ1n) is 8.77. The summed E-state index contributed by atoms with van der Waals surface area (Å²) >= 11 is 3.87. The lowest BCUT2D eigenvalue weighted by Gasteiger charge is -2.15. The molecule has 0 aliphatic carbocycles. The Morgan fingerprint density at radius 1 is 1.07 bits per heavy atom. The van der Waals surface area contributed by atoms with Crippen molar-refractivity contribution in [2.75, 3.05) is 37.1 Å². The van der Waals surface area contributed by atoms with Crippen LogP contribution >= 0.6 is 23.5 Å². The van der Waals surface area contributed by atoms with Crippen LogP contribution in [-0.4, -0.2) is 37.7 Å². The number of hydrogen-bond acceptors (Lipinski definition) is 6. The van der Waals surface area contributed by atoms with Crippen molar-refractivity contribution in [2.24, 2.45) is 0 Å². The fourth-order valence-corrected chi connectivity index (χ4v) is 5.52. The average Bonchev–Trinajstić information content (AvgIpc) is 3.23. The molecule has 0 aromatic heterocycles. The van der Waals surface area contributed by atoms with Crippen LogP contribution in [0.25, 0.3) is 0 Å². The molecule has 1 heterocycles. The molecule has 1 N–H and O–H groups in total. The van der Waals surface area contributed by atoms with Crippen LogP contribution in [-0.2, 0) is 4.79 Å². The normalized spacial score (nSPS) is 14.0. The molecule has 1 aliphatic rings. The van der Waals surface area contributed by atoms with E-state index < -0.39 is 0 Å². The molecule has 0 saturated carbocycles. The van der Waals surface area contributed by atoms with Crippen LogP contribution in [0, 0.1) is 0 Å². The molecule has 1 amide bonds. The number of nitrogens with one attached hydrogen (secondary N) is 1. The van der Waals surface area contributed by atoms with Crippen molar-refractivity contribution < 1.29 is 19.0 Å². The molecule has 144 valence electrons. The van der Waals surface area contributed by atoms with Gasteiger partial charge in [0.25, 0.3) is 5.91 Å².